The molecule has 0 saturated heterocycles. The summed E-state index contributed by atoms with van der Waals surface area (Å²) in [7, 11) is 0. The molecule has 0 bridgehead atoms. The molecule has 0 aliphatic heterocycles. The molecular weight excluding hydrogens is 496 g/mol. The standard InChI is InChI=1S/2C18H18O2/c2*19-17(11-9-13-5-1-3-7-15(13)17)18(20)12-10-14-6-2-4-8-16(14)18/h2*1-8,19-20H,9-12H2/t2*17-,18-/m10/s1. The van der Waals surface area contributed by atoms with E-state index in [1.807, 2.05) is 72.8 Å². The molecule has 0 amide bonds. The zero-order valence-electron chi connectivity index (χ0n) is 22.7. The fourth-order valence-corrected chi connectivity index (χ4v) is 8.09. The number of fused-ring (bicyclic) bond motifs is 4. The lowest BCUT2D eigenvalue weighted by atomic mass is 9.75. The van der Waals surface area contributed by atoms with E-state index in [2.05, 4.69) is 24.3 Å². The maximum atomic E-state index is 11.3. The largest absolute Gasteiger partial charge is 0.382 e. The topological polar surface area (TPSA) is 80.9 Å². The molecule has 0 radical (unpaired) electrons. The van der Waals surface area contributed by atoms with Gasteiger partial charge in [-0.05, 0) is 95.9 Å². The highest BCUT2D eigenvalue weighted by atomic mass is 16.4. The Bertz CT molecular complexity index is 1360. The van der Waals surface area contributed by atoms with Crippen molar-refractivity contribution in [1.82, 2.24) is 0 Å². The van der Waals surface area contributed by atoms with E-state index < -0.39 is 22.4 Å². The summed E-state index contributed by atoms with van der Waals surface area (Å²) in [5.74, 6) is 0. The van der Waals surface area contributed by atoms with Crippen LogP contribution in [0.2, 0.25) is 0 Å². The molecule has 0 fully saturated rings. The van der Waals surface area contributed by atoms with Crippen LogP contribution >= 0.6 is 0 Å². The Hall–Kier alpha value is -3.28. The Balaban J connectivity index is 0.000000132. The minimum atomic E-state index is -1.16. The molecule has 204 valence electrons. The van der Waals surface area contributed by atoms with Crippen molar-refractivity contribution >= 4 is 0 Å². The number of hydrogen-bond donors (Lipinski definition) is 4. The summed E-state index contributed by atoms with van der Waals surface area (Å²) in [5.41, 5.74) is 3.62. The third-order valence-corrected chi connectivity index (χ3v) is 10.2. The van der Waals surface area contributed by atoms with Gasteiger partial charge in [0.15, 0.2) is 0 Å². The van der Waals surface area contributed by atoms with Gasteiger partial charge in [-0.2, -0.15) is 0 Å². The number of benzene rings is 4. The molecule has 4 nitrogen and oxygen atoms in total. The zero-order valence-corrected chi connectivity index (χ0v) is 22.7. The summed E-state index contributed by atoms with van der Waals surface area (Å²) in [6, 6.07) is 31.8. The lowest BCUT2D eigenvalue weighted by molar-refractivity contribution is -0.163. The van der Waals surface area contributed by atoms with E-state index in [4.69, 9.17) is 0 Å². The molecule has 4 aromatic carbocycles. The molecule has 0 spiro atoms. The predicted octanol–water partition coefficient (Wildman–Crippen LogP) is 5.31. The van der Waals surface area contributed by atoms with E-state index in [0.29, 0.717) is 25.7 Å². The van der Waals surface area contributed by atoms with Gasteiger partial charge >= 0.3 is 0 Å². The van der Waals surface area contributed by atoms with Crippen LogP contribution in [0.3, 0.4) is 0 Å². The number of aliphatic hydroxyl groups is 4. The van der Waals surface area contributed by atoms with Crippen LogP contribution in [0, 0.1) is 0 Å². The van der Waals surface area contributed by atoms with E-state index in [0.717, 1.165) is 70.2 Å². The maximum absolute atomic E-state index is 11.3. The van der Waals surface area contributed by atoms with Gasteiger partial charge in [0.2, 0.25) is 0 Å². The Labute approximate surface area is 235 Å². The Morgan fingerprint density at radius 2 is 0.525 bits per heavy atom. The quantitative estimate of drug-likeness (QED) is 0.282. The predicted molar refractivity (Wildman–Crippen MR) is 155 cm³/mol. The molecular formula is C36H36O4. The van der Waals surface area contributed by atoms with Gasteiger partial charge in [0.25, 0.3) is 0 Å². The molecule has 4 N–H and O–H groups in total. The maximum Gasteiger partial charge on any atom is 0.123 e. The normalized spacial score (nSPS) is 31.1. The van der Waals surface area contributed by atoms with Gasteiger partial charge in [0.05, 0.1) is 0 Å². The third-order valence-electron chi connectivity index (χ3n) is 10.2. The number of aryl methyl sites for hydroxylation is 4. The van der Waals surface area contributed by atoms with Gasteiger partial charge in [-0.25, -0.2) is 0 Å². The summed E-state index contributed by atoms with van der Waals surface area (Å²) < 4.78 is 0. The molecule has 4 atom stereocenters. The van der Waals surface area contributed by atoms with Crippen molar-refractivity contribution in [3.63, 3.8) is 0 Å². The average molecular weight is 533 g/mol. The average Bonchev–Trinajstić information content (AvgIpc) is 3.74. The van der Waals surface area contributed by atoms with Gasteiger partial charge in [-0.3, -0.25) is 0 Å². The van der Waals surface area contributed by atoms with Crippen LogP contribution in [0.1, 0.15) is 70.2 Å². The SMILES string of the molecule is O[C@@]1([C@]2(O)CCc3ccccc32)CCc2ccccc21.O[C@]1([C@@]2(O)CCc3ccccc32)CCc2ccccc21. The fraction of sp³-hybridized carbons (Fsp3) is 0.333. The Morgan fingerprint density at radius 3 is 0.750 bits per heavy atom. The van der Waals surface area contributed by atoms with Gasteiger partial charge in [0, 0.05) is 0 Å². The van der Waals surface area contributed by atoms with Crippen molar-refractivity contribution in [2.45, 2.75) is 73.8 Å². The summed E-state index contributed by atoms with van der Waals surface area (Å²) in [4.78, 5) is 0. The van der Waals surface area contributed by atoms with Crippen LogP contribution < -0.4 is 0 Å². The van der Waals surface area contributed by atoms with E-state index in [1.165, 1.54) is 0 Å². The number of rotatable bonds is 2. The van der Waals surface area contributed by atoms with E-state index in [9.17, 15) is 20.4 Å². The number of hydrogen-bond acceptors (Lipinski definition) is 4. The highest BCUT2D eigenvalue weighted by Crippen LogP contribution is 2.55. The molecule has 0 saturated carbocycles. The lowest BCUT2D eigenvalue weighted by Gasteiger charge is -2.40. The molecule has 0 aromatic heterocycles. The van der Waals surface area contributed by atoms with Crippen molar-refractivity contribution in [2.75, 3.05) is 0 Å². The Kier molecular flexibility index (Phi) is 5.85. The van der Waals surface area contributed by atoms with Gasteiger partial charge in [0.1, 0.15) is 22.4 Å². The van der Waals surface area contributed by atoms with Crippen molar-refractivity contribution < 1.29 is 20.4 Å². The first-order chi connectivity index (χ1) is 19.3. The van der Waals surface area contributed by atoms with Crippen LogP contribution in [-0.2, 0) is 48.1 Å². The highest BCUT2D eigenvalue weighted by Gasteiger charge is 2.57. The van der Waals surface area contributed by atoms with Crippen LogP contribution in [0.25, 0.3) is 0 Å². The molecule has 4 heteroatoms. The van der Waals surface area contributed by atoms with E-state index >= 15 is 0 Å². The molecule has 8 rings (SSSR count). The molecule has 0 heterocycles. The molecule has 40 heavy (non-hydrogen) atoms. The van der Waals surface area contributed by atoms with Crippen LogP contribution in [0.4, 0.5) is 0 Å². The fourth-order valence-electron chi connectivity index (χ4n) is 8.09. The second-order valence-electron chi connectivity index (χ2n) is 12.1. The van der Waals surface area contributed by atoms with Crippen molar-refractivity contribution in [1.29, 1.82) is 0 Å². The summed E-state index contributed by atoms with van der Waals surface area (Å²) in [6.45, 7) is 0. The van der Waals surface area contributed by atoms with Crippen molar-refractivity contribution in [2.24, 2.45) is 0 Å². The smallest absolute Gasteiger partial charge is 0.123 e. The van der Waals surface area contributed by atoms with Gasteiger partial charge < -0.3 is 20.4 Å². The van der Waals surface area contributed by atoms with Gasteiger partial charge in [-0.15, -0.1) is 0 Å². The minimum absolute atomic E-state index is 0.594. The van der Waals surface area contributed by atoms with E-state index in [-0.39, 0.29) is 0 Å². The zero-order chi connectivity index (χ0) is 27.6. The van der Waals surface area contributed by atoms with Crippen LogP contribution in [0.5, 0.6) is 0 Å². The summed E-state index contributed by atoms with van der Waals surface area (Å²) in [6.07, 6.45) is 5.70. The lowest BCUT2D eigenvalue weighted by Crippen LogP contribution is -2.46. The summed E-state index contributed by atoms with van der Waals surface area (Å²) >= 11 is 0. The molecule has 4 aliphatic rings. The molecule has 4 aliphatic carbocycles. The van der Waals surface area contributed by atoms with Crippen LogP contribution in [0.15, 0.2) is 97.1 Å². The van der Waals surface area contributed by atoms with Crippen molar-refractivity contribution in [3.05, 3.63) is 142 Å². The monoisotopic (exact) mass is 532 g/mol. The van der Waals surface area contributed by atoms with E-state index in [1.54, 1.807) is 0 Å². The summed E-state index contributed by atoms with van der Waals surface area (Å²) in [5, 5.41) is 45.2. The second kappa shape index (κ2) is 9.12. The highest BCUT2D eigenvalue weighted by molar-refractivity contribution is 5.48. The van der Waals surface area contributed by atoms with Crippen molar-refractivity contribution in [3.8, 4) is 0 Å². The first kappa shape index (κ1) is 25.7. The molecule has 0 unspecified atom stereocenters. The minimum Gasteiger partial charge on any atom is -0.382 e. The first-order valence-corrected chi connectivity index (χ1v) is 14.5. The first-order valence-electron chi connectivity index (χ1n) is 14.5. The molecule has 4 aromatic rings. The van der Waals surface area contributed by atoms with Gasteiger partial charge in [-0.1, -0.05) is 97.1 Å². The van der Waals surface area contributed by atoms with Crippen LogP contribution in [-0.4, -0.2) is 20.4 Å². The second-order valence-corrected chi connectivity index (χ2v) is 12.1. The third kappa shape index (κ3) is 3.47. The Morgan fingerprint density at radius 1 is 0.325 bits per heavy atom.